The number of anilines is 1. The number of aryl methyl sites for hydroxylation is 1. The number of amides is 2. The molecular formula is C14H18N2O3. The monoisotopic (exact) mass is 262 g/mol. The fraction of sp³-hybridized carbons (Fsp3) is 0.429. The van der Waals surface area contributed by atoms with E-state index in [-0.39, 0.29) is 18.4 Å². The minimum absolute atomic E-state index is 0.00787. The van der Waals surface area contributed by atoms with Gasteiger partial charge in [-0.15, -0.1) is 0 Å². The lowest BCUT2D eigenvalue weighted by atomic mass is 10.1. The Bertz CT molecular complexity index is 511. The summed E-state index contributed by atoms with van der Waals surface area (Å²) in [5.74, 6) is 0.598. The fourth-order valence-electron chi connectivity index (χ4n) is 1.99. The Hall–Kier alpha value is -2.04. The highest BCUT2D eigenvalue weighted by Gasteiger charge is 2.25. The lowest BCUT2D eigenvalue weighted by Crippen LogP contribution is -2.41. The van der Waals surface area contributed by atoms with Crippen molar-refractivity contribution in [2.24, 2.45) is 0 Å². The number of rotatable bonds is 3. The average Bonchev–Trinajstić information content (AvgIpc) is 2.37. The van der Waals surface area contributed by atoms with Crippen molar-refractivity contribution in [2.45, 2.75) is 13.3 Å². The summed E-state index contributed by atoms with van der Waals surface area (Å²) in [6.07, 6.45) is 0.312. The molecular weight excluding hydrogens is 244 g/mol. The number of carbonyl (C=O) groups is 2. The van der Waals surface area contributed by atoms with Crippen molar-refractivity contribution in [1.29, 1.82) is 0 Å². The van der Waals surface area contributed by atoms with Gasteiger partial charge in [0.15, 0.2) is 6.61 Å². The summed E-state index contributed by atoms with van der Waals surface area (Å²) in [6.45, 7) is 2.38. The van der Waals surface area contributed by atoms with Crippen molar-refractivity contribution in [3.05, 3.63) is 23.8 Å². The second-order valence-corrected chi connectivity index (χ2v) is 4.84. The predicted octanol–water partition coefficient (Wildman–Crippen LogP) is 1.20. The minimum Gasteiger partial charge on any atom is -0.482 e. The molecule has 0 fully saturated rings. The van der Waals surface area contributed by atoms with Crippen molar-refractivity contribution in [3.63, 3.8) is 0 Å². The third-order valence-electron chi connectivity index (χ3n) is 3.11. The Morgan fingerprint density at radius 2 is 2.16 bits per heavy atom. The van der Waals surface area contributed by atoms with Crippen molar-refractivity contribution < 1.29 is 14.3 Å². The maximum absolute atomic E-state index is 11.9. The van der Waals surface area contributed by atoms with Crippen LogP contribution in [0.3, 0.4) is 0 Å². The first-order valence-electron chi connectivity index (χ1n) is 6.23. The molecule has 0 radical (unpaired) electrons. The normalized spacial score (nSPS) is 13.8. The summed E-state index contributed by atoms with van der Waals surface area (Å²) in [4.78, 5) is 26.7. The van der Waals surface area contributed by atoms with Crippen LogP contribution in [0.5, 0.6) is 5.75 Å². The summed E-state index contributed by atoms with van der Waals surface area (Å²) in [5, 5.41) is 0. The Morgan fingerprint density at radius 3 is 2.84 bits per heavy atom. The molecule has 1 aromatic carbocycles. The molecule has 0 unspecified atom stereocenters. The van der Waals surface area contributed by atoms with E-state index in [4.69, 9.17) is 4.74 Å². The van der Waals surface area contributed by atoms with Crippen LogP contribution in [0.4, 0.5) is 5.69 Å². The number of fused-ring (bicyclic) bond motifs is 1. The Balaban J connectivity index is 2.18. The summed E-state index contributed by atoms with van der Waals surface area (Å²) in [7, 11) is 3.42. The SMILES string of the molecule is Cc1ccc2c(c1)N(CCC(=O)N(C)C)C(=O)CO2. The van der Waals surface area contributed by atoms with Gasteiger partial charge in [0.25, 0.3) is 5.91 Å². The molecule has 1 heterocycles. The van der Waals surface area contributed by atoms with Gasteiger partial charge in [-0.3, -0.25) is 9.59 Å². The van der Waals surface area contributed by atoms with E-state index in [1.165, 1.54) is 4.90 Å². The molecule has 0 spiro atoms. The van der Waals surface area contributed by atoms with Gasteiger partial charge >= 0.3 is 0 Å². The highest BCUT2D eigenvalue weighted by atomic mass is 16.5. The first-order valence-corrected chi connectivity index (χ1v) is 6.23. The highest BCUT2D eigenvalue weighted by Crippen LogP contribution is 2.32. The van der Waals surface area contributed by atoms with Gasteiger partial charge in [-0.1, -0.05) is 6.07 Å². The number of hydrogen-bond acceptors (Lipinski definition) is 3. The zero-order valence-electron chi connectivity index (χ0n) is 11.5. The van der Waals surface area contributed by atoms with Crippen molar-refractivity contribution in [2.75, 3.05) is 32.1 Å². The van der Waals surface area contributed by atoms with E-state index in [0.29, 0.717) is 18.7 Å². The number of ether oxygens (including phenoxy) is 1. The molecule has 1 aromatic rings. The third-order valence-corrected chi connectivity index (χ3v) is 3.11. The fourth-order valence-corrected chi connectivity index (χ4v) is 1.99. The number of carbonyl (C=O) groups excluding carboxylic acids is 2. The van der Waals surface area contributed by atoms with Gasteiger partial charge in [0.2, 0.25) is 5.91 Å². The van der Waals surface area contributed by atoms with E-state index < -0.39 is 0 Å². The summed E-state index contributed by atoms with van der Waals surface area (Å²) in [6, 6.07) is 5.71. The molecule has 0 bridgehead atoms. The zero-order valence-corrected chi connectivity index (χ0v) is 11.5. The van der Waals surface area contributed by atoms with E-state index in [9.17, 15) is 9.59 Å². The molecule has 2 rings (SSSR count). The van der Waals surface area contributed by atoms with Crippen LogP contribution >= 0.6 is 0 Å². The molecule has 102 valence electrons. The number of benzene rings is 1. The van der Waals surface area contributed by atoms with E-state index in [2.05, 4.69) is 0 Å². The van der Waals surface area contributed by atoms with E-state index in [1.54, 1.807) is 19.0 Å². The van der Waals surface area contributed by atoms with Crippen LogP contribution in [0.15, 0.2) is 18.2 Å². The van der Waals surface area contributed by atoms with E-state index in [1.807, 2.05) is 25.1 Å². The largest absolute Gasteiger partial charge is 0.482 e. The molecule has 0 atom stereocenters. The predicted molar refractivity (Wildman–Crippen MR) is 72.3 cm³/mol. The molecule has 5 nitrogen and oxygen atoms in total. The topological polar surface area (TPSA) is 49.9 Å². The minimum atomic E-state index is -0.107. The maximum Gasteiger partial charge on any atom is 0.265 e. The second-order valence-electron chi connectivity index (χ2n) is 4.84. The summed E-state index contributed by atoms with van der Waals surface area (Å²) >= 11 is 0. The molecule has 1 aliphatic rings. The smallest absolute Gasteiger partial charge is 0.265 e. The van der Waals surface area contributed by atoms with E-state index in [0.717, 1.165) is 11.3 Å². The molecule has 0 N–H and O–H groups in total. The zero-order chi connectivity index (χ0) is 14.0. The van der Waals surface area contributed by atoms with Crippen molar-refractivity contribution in [1.82, 2.24) is 4.90 Å². The summed E-state index contributed by atoms with van der Waals surface area (Å²) in [5.41, 5.74) is 1.81. The van der Waals surface area contributed by atoms with Crippen LogP contribution in [0.1, 0.15) is 12.0 Å². The molecule has 0 aromatic heterocycles. The molecule has 1 aliphatic heterocycles. The Morgan fingerprint density at radius 1 is 1.42 bits per heavy atom. The van der Waals surface area contributed by atoms with Gasteiger partial charge in [0.05, 0.1) is 5.69 Å². The third kappa shape index (κ3) is 2.86. The highest BCUT2D eigenvalue weighted by molar-refractivity contribution is 5.98. The Kier molecular flexibility index (Phi) is 3.74. The van der Waals surface area contributed by atoms with Crippen LogP contribution in [0, 0.1) is 6.92 Å². The molecule has 0 aliphatic carbocycles. The second kappa shape index (κ2) is 5.30. The van der Waals surface area contributed by atoms with Crippen molar-refractivity contribution >= 4 is 17.5 Å². The lowest BCUT2D eigenvalue weighted by Gasteiger charge is -2.29. The summed E-state index contributed by atoms with van der Waals surface area (Å²) < 4.78 is 5.39. The maximum atomic E-state index is 11.9. The van der Waals surface area contributed by atoms with Gasteiger partial charge in [0, 0.05) is 27.1 Å². The lowest BCUT2D eigenvalue weighted by molar-refractivity contribution is -0.128. The van der Waals surface area contributed by atoms with Crippen molar-refractivity contribution in [3.8, 4) is 5.75 Å². The van der Waals surface area contributed by atoms with Crippen LogP contribution in [-0.4, -0.2) is 44.0 Å². The van der Waals surface area contributed by atoms with Crippen LogP contribution in [-0.2, 0) is 9.59 Å². The van der Waals surface area contributed by atoms with Crippen LogP contribution in [0.2, 0.25) is 0 Å². The molecule has 0 saturated heterocycles. The molecule has 0 saturated carbocycles. The molecule has 19 heavy (non-hydrogen) atoms. The van der Waals surface area contributed by atoms with Gasteiger partial charge in [0.1, 0.15) is 5.75 Å². The van der Waals surface area contributed by atoms with Gasteiger partial charge in [-0.25, -0.2) is 0 Å². The average molecular weight is 262 g/mol. The van der Waals surface area contributed by atoms with Gasteiger partial charge in [-0.05, 0) is 24.6 Å². The standard InChI is InChI=1S/C14H18N2O3/c1-10-4-5-12-11(8-10)16(14(18)9-19-12)7-6-13(17)15(2)3/h4-5,8H,6-7,9H2,1-3H3. The first kappa shape index (κ1) is 13.4. The molecule has 5 heteroatoms. The van der Waals surface area contributed by atoms with E-state index >= 15 is 0 Å². The van der Waals surface area contributed by atoms with Gasteiger partial charge < -0.3 is 14.5 Å². The number of hydrogen-bond donors (Lipinski definition) is 0. The number of nitrogens with zero attached hydrogens (tertiary/aromatic N) is 2. The van der Waals surface area contributed by atoms with Gasteiger partial charge in [-0.2, -0.15) is 0 Å². The quantitative estimate of drug-likeness (QED) is 0.822. The Labute approximate surface area is 112 Å². The first-order chi connectivity index (χ1) is 8.99. The molecule has 2 amide bonds. The van der Waals surface area contributed by atoms with Crippen LogP contribution in [0.25, 0.3) is 0 Å². The van der Waals surface area contributed by atoms with Crippen LogP contribution < -0.4 is 9.64 Å².